The maximum Gasteiger partial charge on any atom is 0.241 e. The standard InChI is InChI=1S/C12H24N2O2/c1-5-7-11-13-10(6-2)12(15)14(11)9(3)8-16-4/h9-11,13H,5-8H2,1-4H3. The number of carbonyl (C=O) groups is 1. The lowest BCUT2D eigenvalue weighted by molar-refractivity contribution is -0.133. The molecule has 0 aromatic rings. The summed E-state index contributed by atoms with van der Waals surface area (Å²) < 4.78 is 5.14. The minimum atomic E-state index is -0.00384. The maximum atomic E-state index is 12.1. The fraction of sp³-hybridized carbons (Fsp3) is 0.917. The number of hydrogen-bond acceptors (Lipinski definition) is 3. The van der Waals surface area contributed by atoms with E-state index in [-0.39, 0.29) is 24.2 Å². The molecule has 1 rings (SSSR count). The lowest BCUT2D eigenvalue weighted by atomic mass is 10.2. The Bertz CT molecular complexity index is 233. The zero-order valence-corrected chi connectivity index (χ0v) is 10.8. The summed E-state index contributed by atoms with van der Waals surface area (Å²) in [6.07, 6.45) is 3.14. The van der Waals surface area contributed by atoms with Crippen molar-refractivity contribution in [1.82, 2.24) is 10.2 Å². The van der Waals surface area contributed by atoms with Crippen molar-refractivity contribution in [1.29, 1.82) is 0 Å². The molecule has 4 nitrogen and oxygen atoms in total. The van der Waals surface area contributed by atoms with Crippen LogP contribution in [0.3, 0.4) is 0 Å². The van der Waals surface area contributed by atoms with Crippen molar-refractivity contribution in [3.63, 3.8) is 0 Å². The van der Waals surface area contributed by atoms with Gasteiger partial charge in [-0.1, -0.05) is 20.3 Å². The van der Waals surface area contributed by atoms with Crippen LogP contribution in [-0.2, 0) is 9.53 Å². The highest BCUT2D eigenvalue weighted by Gasteiger charge is 2.39. The molecule has 0 radical (unpaired) electrons. The molecule has 1 heterocycles. The Morgan fingerprint density at radius 3 is 2.69 bits per heavy atom. The lowest BCUT2D eigenvalue weighted by Crippen LogP contribution is -2.45. The molecule has 0 aromatic carbocycles. The number of ether oxygens (including phenoxy) is 1. The molecule has 0 saturated carbocycles. The van der Waals surface area contributed by atoms with Crippen LogP contribution in [-0.4, -0.2) is 42.8 Å². The van der Waals surface area contributed by atoms with Gasteiger partial charge in [-0.25, -0.2) is 0 Å². The minimum absolute atomic E-state index is 0.00384. The predicted octanol–water partition coefficient (Wildman–Crippen LogP) is 1.36. The average Bonchev–Trinajstić information content (AvgIpc) is 2.56. The average molecular weight is 228 g/mol. The number of amides is 1. The first-order chi connectivity index (χ1) is 7.65. The van der Waals surface area contributed by atoms with Crippen LogP contribution < -0.4 is 5.32 Å². The van der Waals surface area contributed by atoms with Crippen LogP contribution in [0.4, 0.5) is 0 Å². The first-order valence-electron chi connectivity index (χ1n) is 6.22. The third-order valence-electron chi connectivity index (χ3n) is 3.14. The second kappa shape index (κ2) is 6.21. The van der Waals surface area contributed by atoms with Gasteiger partial charge in [0.2, 0.25) is 5.91 Å². The highest BCUT2D eigenvalue weighted by molar-refractivity contribution is 5.84. The number of hydrogen-bond donors (Lipinski definition) is 1. The van der Waals surface area contributed by atoms with E-state index in [1.165, 1.54) is 0 Å². The molecule has 4 heteroatoms. The van der Waals surface area contributed by atoms with Crippen LogP contribution in [0.1, 0.15) is 40.0 Å². The molecule has 0 bridgehead atoms. The Morgan fingerprint density at radius 1 is 1.50 bits per heavy atom. The molecule has 3 atom stereocenters. The number of nitrogens with one attached hydrogen (secondary N) is 1. The van der Waals surface area contributed by atoms with Gasteiger partial charge in [-0.2, -0.15) is 0 Å². The van der Waals surface area contributed by atoms with Crippen molar-refractivity contribution in [3.8, 4) is 0 Å². The second-order valence-electron chi connectivity index (χ2n) is 4.48. The Labute approximate surface area is 98.3 Å². The van der Waals surface area contributed by atoms with Gasteiger partial charge >= 0.3 is 0 Å². The van der Waals surface area contributed by atoms with Crippen LogP contribution in [0.15, 0.2) is 0 Å². The summed E-state index contributed by atoms with van der Waals surface area (Å²) in [5.74, 6) is 0.227. The normalized spacial score (nSPS) is 27.5. The van der Waals surface area contributed by atoms with Gasteiger partial charge in [-0.05, 0) is 19.8 Å². The molecule has 0 spiro atoms. The first-order valence-corrected chi connectivity index (χ1v) is 6.22. The predicted molar refractivity (Wildman–Crippen MR) is 64.1 cm³/mol. The molecule has 1 saturated heterocycles. The Hall–Kier alpha value is -0.610. The summed E-state index contributed by atoms with van der Waals surface area (Å²) in [5, 5.41) is 3.40. The summed E-state index contributed by atoms with van der Waals surface area (Å²) in [6, 6.07) is 0.147. The van der Waals surface area contributed by atoms with Crippen LogP contribution in [0.25, 0.3) is 0 Å². The molecule has 1 amide bonds. The molecule has 1 fully saturated rings. The van der Waals surface area contributed by atoms with Crippen LogP contribution in [0.5, 0.6) is 0 Å². The fourth-order valence-corrected chi connectivity index (χ4v) is 2.35. The molecule has 1 aliphatic heterocycles. The topological polar surface area (TPSA) is 41.6 Å². The molecular formula is C12H24N2O2. The van der Waals surface area contributed by atoms with Crippen molar-refractivity contribution in [3.05, 3.63) is 0 Å². The van der Waals surface area contributed by atoms with Gasteiger partial charge in [-0.3, -0.25) is 10.1 Å². The number of methoxy groups -OCH3 is 1. The molecule has 0 aromatic heterocycles. The zero-order valence-electron chi connectivity index (χ0n) is 10.8. The van der Waals surface area contributed by atoms with Gasteiger partial charge in [0.1, 0.15) is 0 Å². The van der Waals surface area contributed by atoms with Gasteiger partial charge in [0.15, 0.2) is 0 Å². The van der Waals surface area contributed by atoms with E-state index < -0.39 is 0 Å². The number of nitrogens with zero attached hydrogens (tertiary/aromatic N) is 1. The molecule has 1 N–H and O–H groups in total. The Balaban J connectivity index is 2.71. The van der Waals surface area contributed by atoms with E-state index in [0.717, 1.165) is 19.3 Å². The molecule has 16 heavy (non-hydrogen) atoms. The Kier molecular flexibility index (Phi) is 5.22. The van der Waals surface area contributed by atoms with Gasteiger partial charge in [0.05, 0.1) is 24.9 Å². The lowest BCUT2D eigenvalue weighted by Gasteiger charge is -2.29. The number of rotatable bonds is 6. The van der Waals surface area contributed by atoms with E-state index in [0.29, 0.717) is 6.61 Å². The van der Waals surface area contributed by atoms with Crippen molar-refractivity contribution >= 4 is 5.91 Å². The fourth-order valence-electron chi connectivity index (χ4n) is 2.35. The molecule has 94 valence electrons. The van der Waals surface area contributed by atoms with Crippen molar-refractivity contribution in [2.24, 2.45) is 0 Å². The van der Waals surface area contributed by atoms with Crippen LogP contribution >= 0.6 is 0 Å². The number of carbonyl (C=O) groups excluding carboxylic acids is 1. The van der Waals surface area contributed by atoms with E-state index in [4.69, 9.17) is 4.74 Å². The summed E-state index contributed by atoms with van der Waals surface area (Å²) in [5.41, 5.74) is 0. The van der Waals surface area contributed by atoms with Crippen molar-refractivity contribution < 1.29 is 9.53 Å². The monoisotopic (exact) mass is 228 g/mol. The van der Waals surface area contributed by atoms with Gasteiger partial charge in [0, 0.05) is 7.11 Å². The highest BCUT2D eigenvalue weighted by Crippen LogP contribution is 2.19. The third kappa shape index (κ3) is 2.74. The molecule has 1 aliphatic rings. The van der Waals surface area contributed by atoms with Gasteiger partial charge < -0.3 is 9.64 Å². The van der Waals surface area contributed by atoms with Crippen LogP contribution in [0, 0.1) is 0 Å². The summed E-state index contributed by atoms with van der Waals surface area (Å²) in [4.78, 5) is 14.1. The van der Waals surface area contributed by atoms with Gasteiger partial charge in [0.25, 0.3) is 0 Å². The molecule has 0 aliphatic carbocycles. The van der Waals surface area contributed by atoms with Crippen molar-refractivity contribution in [2.75, 3.05) is 13.7 Å². The summed E-state index contributed by atoms with van der Waals surface area (Å²) in [6.45, 7) is 6.83. The Morgan fingerprint density at radius 2 is 2.19 bits per heavy atom. The second-order valence-corrected chi connectivity index (χ2v) is 4.48. The summed E-state index contributed by atoms with van der Waals surface area (Å²) >= 11 is 0. The van der Waals surface area contributed by atoms with E-state index in [9.17, 15) is 4.79 Å². The largest absolute Gasteiger partial charge is 0.383 e. The van der Waals surface area contributed by atoms with Gasteiger partial charge in [-0.15, -0.1) is 0 Å². The first kappa shape index (κ1) is 13.5. The molecule has 3 unspecified atom stereocenters. The third-order valence-corrected chi connectivity index (χ3v) is 3.14. The van der Waals surface area contributed by atoms with E-state index in [1.54, 1.807) is 7.11 Å². The van der Waals surface area contributed by atoms with Crippen molar-refractivity contribution in [2.45, 2.75) is 58.3 Å². The molecular weight excluding hydrogens is 204 g/mol. The quantitative estimate of drug-likeness (QED) is 0.746. The summed E-state index contributed by atoms with van der Waals surface area (Å²) in [7, 11) is 1.68. The maximum absolute atomic E-state index is 12.1. The van der Waals surface area contributed by atoms with Crippen LogP contribution in [0.2, 0.25) is 0 Å². The highest BCUT2D eigenvalue weighted by atomic mass is 16.5. The van der Waals surface area contributed by atoms with E-state index in [1.807, 2.05) is 18.7 Å². The van der Waals surface area contributed by atoms with E-state index >= 15 is 0 Å². The minimum Gasteiger partial charge on any atom is -0.383 e. The van der Waals surface area contributed by atoms with E-state index in [2.05, 4.69) is 12.2 Å². The smallest absolute Gasteiger partial charge is 0.241 e. The zero-order chi connectivity index (χ0) is 12.1. The SMILES string of the molecule is CCCC1NC(CC)C(=O)N1C(C)COC.